The van der Waals surface area contributed by atoms with Crippen molar-refractivity contribution in [1.82, 2.24) is 19.5 Å². The lowest BCUT2D eigenvalue weighted by atomic mass is 10.4. The van der Waals surface area contributed by atoms with Gasteiger partial charge in [-0.2, -0.15) is 0 Å². The number of aromatic nitrogens is 4. The number of nitrogens with one attached hydrogen (secondary N) is 2. The molecule has 0 fully saturated rings. The molecule has 15 heavy (non-hydrogen) atoms. The Balaban J connectivity index is 2.43. The molecule has 0 aliphatic heterocycles. The standard InChI is InChI=1S/C8H9N5O2/c9-7-6-8(11-3-10-6)13(4-12-7)2-1-5(14)15/h3-4,9H,1-2H2,(H,10,11)(H,14,15). The van der Waals surface area contributed by atoms with E-state index in [0.29, 0.717) is 17.7 Å². The van der Waals surface area contributed by atoms with Gasteiger partial charge >= 0.3 is 5.97 Å². The molecule has 2 aromatic rings. The van der Waals surface area contributed by atoms with Gasteiger partial charge in [0.25, 0.3) is 0 Å². The Labute approximate surface area is 83.9 Å². The molecular weight excluding hydrogens is 198 g/mol. The third kappa shape index (κ3) is 1.71. The number of nitrogens with zero attached hydrogens (tertiary/aromatic N) is 3. The third-order valence-corrected chi connectivity index (χ3v) is 2.02. The number of fused-ring (bicyclic) bond motifs is 1. The smallest absolute Gasteiger partial charge is 0.305 e. The van der Waals surface area contributed by atoms with Gasteiger partial charge in [-0.3, -0.25) is 10.2 Å². The fraction of sp³-hybridized carbons (Fsp3) is 0.250. The molecule has 7 heteroatoms. The molecule has 0 aliphatic rings. The zero-order chi connectivity index (χ0) is 10.8. The molecule has 0 aromatic carbocycles. The lowest BCUT2D eigenvalue weighted by molar-refractivity contribution is -0.137. The molecule has 3 N–H and O–H groups in total. The zero-order valence-corrected chi connectivity index (χ0v) is 7.77. The highest BCUT2D eigenvalue weighted by Gasteiger charge is 2.05. The van der Waals surface area contributed by atoms with Crippen molar-refractivity contribution in [3.63, 3.8) is 0 Å². The van der Waals surface area contributed by atoms with E-state index in [9.17, 15) is 4.79 Å². The molecule has 0 saturated heterocycles. The summed E-state index contributed by atoms with van der Waals surface area (Å²) in [5.41, 5.74) is 1.17. The van der Waals surface area contributed by atoms with E-state index >= 15 is 0 Å². The van der Waals surface area contributed by atoms with Gasteiger partial charge in [-0.25, -0.2) is 9.97 Å². The first-order valence-electron chi connectivity index (χ1n) is 4.33. The highest BCUT2D eigenvalue weighted by molar-refractivity contribution is 5.69. The fourth-order valence-electron chi connectivity index (χ4n) is 1.31. The fourth-order valence-corrected chi connectivity index (χ4v) is 1.31. The van der Waals surface area contributed by atoms with Crippen LogP contribution in [-0.4, -0.2) is 30.6 Å². The summed E-state index contributed by atoms with van der Waals surface area (Å²) >= 11 is 0. The topological polar surface area (TPSA) is 108 Å². The van der Waals surface area contributed by atoms with E-state index in [0.717, 1.165) is 0 Å². The van der Waals surface area contributed by atoms with Crippen LogP contribution in [0, 0.1) is 5.41 Å². The average Bonchev–Trinajstić information content (AvgIpc) is 2.66. The molecule has 0 unspecified atom stereocenters. The van der Waals surface area contributed by atoms with Crippen LogP contribution in [0.3, 0.4) is 0 Å². The predicted molar refractivity (Wildman–Crippen MR) is 50.0 cm³/mol. The first-order chi connectivity index (χ1) is 7.18. The molecular formula is C8H9N5O2. The maximum absolute atomic E-state index is 10.4. The molecule has 0 spiro atoms. The number of aryl methyl sites for hydroxylation is 1. The molecule has 2 aromatic heterocycles. The maximum Gasteiger partial charge on any atom is 0.305 e. The number of hydrogen-bond donors (Lipinski definition) is 3. The van der Waals surface area contributed by atoms with Crippen LogP contribution in [-0.2, 0) is 11.3 Å². The summed E-state index contributed by atoms with van der Waals surface area (Å²) < 4.78 is 1.61. The number of carboxylic acids is 1. The molecule has 0 atom stereocenters. The maximum atomic E-state index is 10.4. The Kier molecular flexibility index (Phi) is 2.20. The normalized spacial score (nSPS) is 10.7. The minimum Gasteiger partial charge on any atom is -0.481 e. The summed E-state index contributed by atoms with van der Waals surface area (Å²) in [6.45, 7) is 0.296. The largest absolute Gasteiger partial charge is 0.481 e. The monoisotopic (exact) mass is 207 g/mol. The van der Waals surface area contributed by atoms with Gasteiger partial charge in [0.15, 0.2) is 11.1 Å². The van der Waals surface area contributed by atoms with Crippen LogP contribution in [0.1, 0.15) is 6.42 Å². The second-order valence-electron chi connectivity index (χ2n) is 3.03. The number of hydrogen-bond acceptors (Lipinski definition) is 4. The molecule has 78 valence electrons. The molecule has 0 radical (unpaired) electrons. The van der Waals surface area contributed by atoms with Crippen molar-refractivity contribution in [2.45, 2.75) is 13.0 Å². The Morgan fingerprint density at radius 2 is 2.40 bits per heavy atom. The van der Waals surface area contributed by atoms with Gasteiger partial charge in [-0.15, -0.1) is 0 Å². The number of aromatic amines is 1. The SMILES string of the molecule is N=c1ncn(CCC(=O)O)c2nc[nH]c12. The second-order valence-corrected chi connectivity index (χ2v) is 3.03. The van der Waals surface area contributed by atoms with E-state index in [1.807, 2.05) is 0 Å². The van der Waals surface area contributed by atoms with Crippen LogP contribution < -0.4 is 5.49 Å². The quantitative estimate of drug-likeness (QED) is 0.642. The molecule has 2 heterocycles. The number of carbonyl (C=O) groups is 1. The van der Waals surface area contributed by atoms with E-state index < -0.39 is 5.97 Å². The highest BCUT2D eigenvalue weighted by atomic mass is 16.4. The lowest BCUT2D eigenvalue weighted by Gasteiger charge is -2.03. The lowest BCUT2D eigenvalue weighted by Crippen LogP contribution is -2.14. The van der Waals surface area contributed by atoms with Crippen LogP contribution in [0.25, 0.3) is 11.2 Å². The molecule has 0 bridgehead atoms. The number of imidazole rings is 1. The van der Waals surface area contributed by atoms with E-state index in [-0.39, 0.29) is 11.9 Å². The summed E-state index contributed by atoms with van der Waals surface area (Å²) in [6, 6.07) is 0. The van der Waals surface area contributed by atoms with Crippen LogP contribution >= 0.6 is 0 Å². The minimum atomic E-state index is -0.874. The van der Waals surface area contributed by atoms with Crippen molar-refractivity contribution >= 4 is 17.1 Å². The van der Waals surface area contributed by atoms with E-state index in [2.05, 4.69) is 15.0 Å². The molecule has 2 rings (SSSR count). The van der Waals surface area contributed by atoms with Crippen molar-refractivity contribution < 1.29 is 9.90 Å². The van der Waals surface area contributed by atoms with Crippen LogP contribution in [0.5, 0.6) is 0 Å². The van der Waals surface area contributed by atoms with E-state index in [1.165, 1.54) is 12.7 Å². The Hall–Kier alpha value is -2.18. The third-order valence-electron chi connectivity index (χ3n) is 2.02. The number of H-pyrrole nitrogens is 1. The van der Waals surface area contributed by atoms with Gasteiger partial charge in [0.1, 0.15) is 5.52 Å². The molecule has 0 aliphatic carbocycles. The van der Waals surface area contributed by atoms with E-state index in [1.54, 1.807) is 4.57 Å². The number of rotatable bonds is 3. The Morgan fingerprint density at radius 1 is 1.60 bits per heavy atom. The van der Waals surface area contributed by atoms with Crippen LogP contribution in [0.4, 0.5) is 0 Å². The van der Waals surface area contributed by atoms with E-state index in [4.69, 9.17) is 10.5 Å². The predicted octanol–water partition coefficient (Wildman–Crippen LogP) is -0.286. The zero-order valence-electron chi connectivity index (χ0n) is 7.77. The Morgan fingerprint density at radius 3 is 3.13 bits per heavy atom. The van der Waals surface area contributed by atoms with Crippen LogP contribution in [0.15, 0.2) is 12.7 Å². The van der Waals surface area contributed by atoms with Gasteiger partial charge in [0.05, 0.1) is 19.1 Å². The second kappa shape index (κ2) is 3.52. The highest BCUT2D eigenvalue weighted by Crippen LogP contribution is 2.03. The van der Waals surface area contributed by atoms with Gasteiger partial charge in [0.2, 0.25) is 0 Å². The Bertz CT molecular complexity index is 555. The summed E-state index contributed by atoms with van der Waals surface area (Å²) in [4.78, 5) is 21.0. The molecule has 0 amide bonds. The van der Waals surface area contributed by atoms with Gasteiger partial charge in [-0.1, -0.05) is 0 Å². The first kappa shape index (κ1) is 9.38. The van der Waals surface area contributed by atoms with Gasteiger partial charge < -0.3 is 14.7 Å². The van der Waals surface area contributed by atoms with Crippen molar-refractivity contribution in [3.8, 4) is 0 Å². The van der Waals surface area contributed by atoms with Crippen molar-refractivity contribution in [1.29, 1.82) is 5.41 Å². The average molecular weight is 207 g/mol. The summed E-state index contributed by atoms with van der Waals surface area (Å²) in [7, 11) is 0. The minimum absolute atomic E-state index is 0.00561. The van der Waals surface area contributed by atoms with Crippen molar-refractivity contribution in [2.75, 3.05) is 0 Å². The first-order valence-corrected chi connectivity index (χ1v) is 4.33. The van der Waals surface area contributed by atoms with Crippen molar-refractivity contribution in [2.24, 2.45) is 0 Å². The van der Waals surface area contributed by atoms with Crippen molar-refractivity contribution in [3.05, 3.63) is 18.1 Å². The number of carboxylic acid groups (broad SMARTS) is 1. The summed E-state index contributed by atoms with van der Waals surface area (Å²) in [6.07, 6.45) is 2.89. The summed E-state index contributed by atoms with van der Waals surface area (Å²) in [5.74, 6) is -0.874. The van der Waals surface area contributed by atoms with Gasteiger partial charge in [-0.05, 0) is 0 Å². The summed E-state index contributed by atoms with van der Waals surface area (Å²) in [5, 5.41) is 16.0. The molecule has 7 nitrogen and oxygen atoms in total. The molecule has 0 saturated carbocycles. The van der Waals surface area contributed by atoms with Gasteiger partial charge in [0, 0.05) is 6.54 Å². The number of aliphatic carboxylic acids is 1. The van der Waals surface area contributed by atoms with Crippen LogP contribution in [0.2, 0.25) is 0 Å².